The Morgan fingerprint density at radius 1 is 0.750 bits per heavy atom. The molecule has 1 fully saturated rings. The predicted molar refractivity (Wildman–Crippen MR) is 186 cm³/mol. The summed E-state index contributed by atoms with van der Waals surface area (Å²) in [6.45, 7) is 3.18. The van der Waals surface area contributed by atoms with E-state index in [0.717, 1.165) is 46.8 Å². The van der Waals surface area contributed by atoms with Crippen LogP contribution in [0.3, 0.4) is 0 Å². The lowest BCUT2D eigenvalue weighted by Gasteiger charge is -2.28. The molecule has 4 heterocycles. The second-order valence-corrected chi connectivity index (χ2v) is 13.6. The van der Waals surface area contributed by atoms with Crippen molar-refractivity contribution in [3.63, 3.8) is 0 Å². The van der Waals surface area contributed by atoms with Crippen LogP contribution in [0.15, 0.2) is 72.8 Å². The normalized spacial score (nSPS) is 15.0. The molecule has 10 nitrogen and oxygen atoms in total. The van der Waals surface area contributed by atoms with Gasteiger partial charge in [-0.05, 0) is 73.3 Å². The van der Waals surface area contributed by atoms with Gasteiger partial charge in [-0.3, -0.25) is 19.3 Å². The fourth-order valence-electron chi connectivity index (χ4n) is 6.34. The zero-order valence-corrected chi connectivity index (χ0v) is 29.5. The molecule has 0 aliphatic carbocycles. The number of rotatable bonds is 7. The molecule has 0 saturated carbocycles. The molecule has 2 aliphatic heterocycles. The maximum atomic E-state index is 14.1. The van der Waals surface area contributed by atoms with E-state index in [0.29, 0.717) is 21.9 Å². The molecule has 56 heavy (non-hydrogen) atoms. The number of hydrogen-bond donors (Lipinski definition) is 1. The number of amides is 1. The summed E-state index contributed by atoms with van der Waals surface area (Å²) in [5.74, 6) is -7.35. The van der Waals surface area contributed by atoms with Gasteiger partial charge in [0.25, 0.3) is 5.91 Å². The number of alkyl halides is 9. The second-order valence-electron chi connectivity index (χ2n) is 12.6. The highest BCUT2D eigenvalue weighted by Gasteiger charge is 2.54. The number of benzene rings is 3. The largest absolute Gasteiger partial charge is 0.458 e. The molecule has 1 saturated heterocycles. The van der Waals surface area contributed by atoms with Crippen molar-refractivity contribution in [2.24, 2.45) is 0 Å². The number of halogens is 9. The molecule has 0 radical (unpaired) electrons. The molecule has 2 N–H and O–H groups in total. The molecule has 7 rings (SSSR count). The molecule has 3 aromatic carbocycles. The van der Waals surface area contributed by atoms with Gasteiger partial charge in [0.1, 0.15) is 10.7 Å². The van der Waals surface area contributed by atoms with Crippen molar-refractivity contribution in [1.82, 2.24) is 24.9 Å². The van der Waals surface area contributed by atoms with Gasteiger partial charge in [0.2, 0.25) is 5.13 Å². The van der Waals surface area contributed by atoms with Gasteiger partial charge in [-0.25, -0.2) is 4.68 Å². The van der Waals surface area contributed by atoms with E-state index in [-0.39, 0.29) is 29.4 Å². The SMILES string of the molecule is Nc1nnc(-c2cccc(-n3nc(C(F)(F)F)c4c3C(=O)N(c3ccc(-c5ccccc5CN5CCCC5)cc3)CC4)c2)s1.O=C(C(=O)C(F)(F)F)C(F)(F)F. The van der Waals surface area contributed by atoms with Crippen LogP contribution in [0.1, 0.15) is 40.2 Å². The highest BCUT2D eigenvalue weighted by Crippen LogP contribution is 2.38. The molecule has 20 heteroatoms. The Bertz CT molecular complexity index is 2240. The number of carbonyl (C=O) groups excluding carboxylic acids is 3. The minimum absolute atomic E-state index is 0.0168. The Kier molecular flexibility index (Phi) is 11.1. The van der Waals surface area contributed by atoms with Crippen LogP contribution in [-0.4, -0.2) is 74.3 Å². The van der Waals surface area contributed by atoms with Crippen molar-refractivity contribution in [2.75, 3.05) is 30.3 Å². The van der Waals surface area contributed by atoms with Crippen LogP contribution >= 0.6 is 11.3 Å². The lowest BCUT2D eigenvalue weighted by atomic mass is 9.98. The maximum Gasteiger partial charge on any atom is 0.458 e. The quantitative estimate of drug-likeness (QED) is 0.131. The summed E-state index contributed by atoms with van der Waals surface area (Å²) < 4.78 is 110. The molecule has 2 aromatic heterocycles. The fourth-order valence-corrected chi connectivity index (χ4v) is 6.95. The molecule has 0 spiro atoms. The number of ketones is 2. The topological polar surface area (TPSA) is 127 Å². The zero-order valence-electron chi connectivity index (χ0n) is 28.7. The second kappa shape index (κ2) is 15.5. The summed E-state index contributed by atoms with van der Waals surface area (Å²) in [6.07, 6.45) is -13.8. The third-order valence-electron chi connectivity index (χ3n) is 8.88. The van der Waals surface area contributed by atoms with Crippen LogP contribution in [0.5, 0.6) is 0 Å². The third-order valence-corrected chi connectivity index (χ3v) is 9.69. The van der Waals surface area contributed by atoms with Gasteiger partial charge in [-0.1, -0.05) is 59.9 Å². The first-order valence-corrected chi connectivity index (χ1v) is 17.5. The number of Topliss-reactive ketones (excluding diaryl/α,β-unsaturated/α-hetero) is 2. The van der Waals surface area contributed by atoms with Gasteiger partial charge < -0.3 is 10.6 Å². The summed E-state index contributed by atoms with van der Waals surface area (Å²) in [7, 11) is 0. The van der Waals surface area contributed by atoms with Crippen molar-refractivity contribution in [1.29, 1.82) is 0 Å². The molecule has 5 aromatic rings. The van der Waals surface area contributed by atoms with Crippen LogP contribution < -0.4 is 10.6 Å². The molecule has 2 aliphatic rings. The van der Waals surface area contributed by atoms with E-state index in [4.69, 9.17) is 5.73 Å². The average molecular weight is 810 g/mol. The van der Waals surface area contributed by atoms with Crippen LogP contribution in [0.4, 0.5) is 50.3 Å². The van der Waals surface area contributed by atoms with Crippen molar-refractivity contribution in [3.05, 3.63) is 95.3 Å². The van der Waals surface area contributed by atoms with Crippen molar-refractivity contribution >= 4 is 39.6 Å². The third kappa shape index (κ3) is 8.60. The molecule has 0 atom stereocenters. The van der Waals surface area contributed by atoms with Crippen LogP contribution in [-0.2, 0) is 28.7 Å². The predicted octanol–water partition coefficient (Wildman–Crippen LogP) is 7.71. The summed E-state index contributed by atoms with van der Waals surface area (Å²) in [6, 6.07) is 22.6. The number of nitrogens with two attached hydrogens (primary N) is 1. The van der Waals surface area contributed by atoms with E-state index >= 15 is 0 Å². The first-order valence-electron chi connectivity index (χ1n) is 16.7. The average Bonchev–Trinajstić information content (AvgIpc) is 3.92. The van der Waals surface area contributed by atoms with Crippen LogP contribution in [0, 0.1) is 0 Å². The summed E-state index contributed by atoms with van der Waals surface area (Å²) in [5, 5.41) is 12.6. The van der Waals surface area contributed by atoms with Crippen LogP contribution in [0.2, 0.25) is 0 Å². The Morgan fingerprint density at radius 2 is 1.39 bits per heavy atom. The van der Waals surface area contributed by atoms with E-state index in [1.54, 1.807) is 24.3 Å². The minimum atomic E-state index is -5.77. The van der Waals surface area contributed by atoms with Gasteiger partial charge in [0.05, 0.1) is 5.69 Å². The lowest BCUT2D eigenvalue weighted by Crippen LogP contribution is -2.39. The van der Waals surface area contributed by atoms with E-state index in [1.807, 2.05) is 36.4 Å². The van der Waals surface area contributed by atoms with Crippen molar-refractivity contribution in [2.45, 2.75) is 44.3 Å². The first kappa shape index (κ1) is 40.0. The van der Waals surface area contributed by atoms with E-state index in [1.165, 1.54) is 23.3 Å². The Hall–Kier alpha value is -5.63. The van der Waals surface area contributed by atoms with E-state index < -0.39 is 41.7 Å². The number of aromatic nitrogens is 4. The summed E-state index contributed by atoms with van der Waals surface area (Å²) in [5.41, 5.74) is 9.40. The van der Waals surface area contributed by atoms with Gasteiger partial charge >= 0.3 is 30.1 Å². The standard InChI is InChI=1S/C32H28F3N7OS.C4F6O2/c33-32(34,35)28-26-14-17-41(23-12-10-20(11-13-23)25-9-2-1-6-22(25)19-40-15-3-4-16-40)30(43)27(26)42(39-28)24-8-5-7-21(18-24)29-37-38-31(36)44-29;5-3(6,7)1(11)2(12)4(8,9)10/h1-2,5-13,18H,3-4,14-17,19H2,(H2,36,38);. The highest BCUT2D eigenvalue weighted by atomic mass is 32.1. The number of hydrogen-bond acceptors (Lipinski definition) is 9. The maximum absolute atomic E-state index is 14.1. The number of carbonyl (C=O) groups is 3. The van der Waals surface area contributed by atoms with E-state index in [9.17, 15) is 53.9 Å². The Balaban J connectivity index is 0.000000385. The van der Waals surface area contributed by atoms with Gasteiger partial charge in [0.15, 0.2) is 5.69 Å². The summed E-state index contributed by atoms with van der Waals surface area (Å²) in [4.78, 5) is 37.2. The monoisotopic (exact) mass is 809 g/mol. The highest BCUT2D eigenvalue weighted by molar-refractivity contribution is 7.18. The molecule has 1 amide bonds. The zero-order chi connectivity index (χ0) is 40.6. The molecule has 294 valence electrons. The smallest absolute Gasteiger partial charge is 0.374 e. The number of anilines is 2. The van der Waals surface area contributed by atoms with Crippen LogP contribution in [0.25, 0.3) is 27.4 Å². The van der Waals surface area contributed by atoms with Crippen molar-refractivity contribution < 1.29 is 53.9 Å². The minimum Gasteiger partial charge on any atom is -0.374 e. The number of likely N-dealkylation sites (tertiary alicyclic amines) is 1. The molecular formula is C36H28F9N7O3S. The summed E-state index contributed by atoms with van der Waals surface area (Å²) >= 11 is 1.16. The molecule has 0 unspecified atom stereocenters. The Morgan fingerprint density at radius 3 is 1.98 bits per heavy atom. The molecule has 0 bridgehead atoms. The van der Waals surface area contributed by atoms with Gasteiger partial charge in [-0.15, -0.1) is 10.2 Å². The first-order chi connectivity index (χ1) is 26.3. The Labute approximate surface area is 315 Å². The van der Waals surface area contributed by atoms with Gasteiger partial charge in [0, 0.05) is 29.9 Å². The van der Waals surface area contributed by atoms with E-state index in [2.05, 4.69) is 32.3 Å². The number of nitrogens with zero attached hydrogens (tertiary/aromatic N) is 6. The van der Waals surface area contributed by atoms with Crippen molar-refractivity contribution in [3.8, 4) is 27.4 Å². The molecular weight excluding hydrogens is 781 g/mol. The lowest BCUT2D eigenvalue weighted by molar-refractivity contribution is -0.193. The number of fused-ring (bicyclic) bond motifs is 1. The fraction of sp³-hybridized carbons (Fsp3) is 0.278. The van der Waals surface area contributed by atoms with Gasteiger partial charge in [-0.2, -0.15) is 44.6 Å². The number of nitrogen functional groups attached to an aromatic ring is 1.